The first-order chi connectivity index (χ1) is 12.4. The van der Waals surface area contributed by atoms with Crippen LogP contribution in [0.25, 0.3) is 11.0 Å². The average Bonchev–Trinajstić information content (AvgIpc) is 3.09. The van der Waals surface area contributed by atoms with Gasteiger partial charge in [-0.2, -0.15) is 0 Å². The number of hydrogen-bond acceptors (Lipinski definition) is 5. The minimum Gasteiger partial charge on any atom is -0.338 e. The molecular formula is C18H25N5O3. The van der Waals surface area contributed by atoms with Crippen LogP contribution in [-0.4, -0.2) is 45.0 Å². The van der Waals surface area contributed by atoms with Gasteiger partial charge in [0.05, 0.1) is 10.9 Å². The molecule has 0 bridgehead atoms. The Morgan fingerprint density at radius 2 is 2.15 bits per heavy atom. The van der Waals surface area contributed by atoms with Crippen LogP contribution in [0.5, 0.6) is 0 Å². The summed E-state index contributed by atoms with van der Waals surface area (Å²) in [5.41, 5.74) is 5.90. The standard InChI is InChI=1S/C18H25N5O3/c1-4-23-15-14(16(24)21-18(23)26)12(7-13(20-15)10(2)3)17(25)22-6-5-11(8-19)9-22/h7,10-11H,4-6,8-9,19H2,1-3H3,(H,21,24,26). The SMILES string of the molecule is CCn1c(=O)[nH]c(=O)c2c(C(=O)N3CCC(CN)C3)cc(C(C)C)nc21. The topological polar surface area (TPSA) is 114 Å². The second-order valence-electron chi connectivity index (χ2n) is 7.09. The van der Waals surface area contributed by atoms with Crippen molar-refractivity contribution in [3.8, 4) is 0 Å². The second kappa shape index (κ2) is 7.03. The number of nitrogens with zero attached hydrogens (tertiary/aromatic N) is 3. The summed E-state index contributed by atoms with van der Waals surface area (Å²) in [4.78, 5) is 46.4. The van der Waals surface area contributed by atoms with Crippen LogP contribution in [-0.2, 0) is 6.54 Å². The molecule has 3 rings (SSSR count). The highest BCUT2D eigenvalue weighted by molar-refractivity contribution is 6.05. The number of pyridine rings is 1. The fourth-order valence-electron chi connectivity index (χ4n) is 3.43. The van der Waals surface area contributed by atoms with Crippen molar-refractivity contribution in [2.45, 2.75) is 39.7 Å². The number of H-pyrrole nitrogens is 1. The predicted molar refractivity (Wildman–Crippen MR) is 99.5 cm³/mol. The number of likely N-dealkylation sites (tertiary alicyclic amines) is 1. The normalized spacial score (nSPS) is 17.4. The van der Waals surface area contributed by atoms with Crippen molar-refractivity contribution in [3.63, 3.8) is 0 Å². The lowest BCUT2D eigenvalue weighted by molar-refractivity contribution is 0.0789. The van der Waals surface area contributed by atoms with Crippen molar-refractivity contribution >= 4 is 16.9 Å². The van der Waals surface area contributed by atoms with Gasteiger partial charge in [0, 0.05) is 25.3 Å². The van der Waals surface area contributed by atoms with Crippen molar-refractivity contribution in [1.29, 1.82) is 0 Å². The third kappa shape index (κ3) is 3.05. The minimum atomic E-state index is -0.574. The van der Waals surface area contributed by atoms with Gasteiger partial charge in [-0.3, -0.25) is 19.1 Å². The van der Waals surface area contributed by atoms with Crippen molar-refractivity contribution in [2.75, 3.05) is 19.6 Å². The van der Waals surface area contributed by atoms with E-state index in [0.717, 1.165) is 6.42 Å². The molecule has 3 heterocycles. The molecule has 8 heteroatoms. The molecule has 8 nitrogen and oxygen atoms in total. The molecule has 1 amide bonds. The van der Waals surface area contributed by atoms with Crippen LogP contribution in [0.15, 0.2) is 15.7 Å². The number of nitrogens with two attached hydrogens (primary N) is 1. The lowest BCUT2D eigenvalue weighted by atomic mass is 10.0. The van der Waals surface area contributed by atoms with E-state index in [0.29, 0.717) is 37.4 Å². The third-order valence-corrected chi connectivity index (χ3v) is 5.01. The van der Waals surface area contributed by atoms with E-state index >= 15 is 0 Å². The maximum atomic E-state index is 13.2. The Kier molecular flexibility index (Phi) is 4.95. The van der Waals surface area contributed by atoms with E-state index in [1.807, 2.05) is 13.8 Å². The van der Waals surface area contributed by atoms with Gasteiger partial charge in [-0.1, -0.05) is 13.8 Å². The molecule has 3 N–H and O–H groups in total. The highest BCUT2D eigenvalue weighted by Crippen LogP contribution is 2.23. The first-order valence-corrected chi connectivity index (χ1v) is 9.04. The minimum absolute atomic E-state index is 0.0565. The quantitative estimate of drug-likeness (QED) is 0.832. The number of aromatic nitrogens is 3. The maximum Gasteiger partial charge on any atom is 0.329 e. The van der Waals surface area contributed by atoms with E-state index in [4.69, 9.17) is 5.73 Å². The zero-order chi connectivity index (χ0) is 19.0. The predicted octanol–water partition coefficient (Wildman–Crippen LogP) is 0.649. The number of nitrogens with one attached hydrogen (secondary N) is 1. The number of fused-ring (bicyclic) bond motifs is 1. The lowest BCUT2D eigenvalue weighted by Crippen LogP contribution is -2.34. The highest BCUT2D eigenvalue weighted by Gasteiger charge is 2.29. The molecule has 0 spiro atoms. The van der Waals surface area contributed by atoms with Crippen LogP contribution in [0.1, 0.15) is 49.2 Å². The Morgan fingerprint density at radius 1 is 1.42 bits per heavy atom. The van der Waals surface area contributed by atoms with Gasteiger partial charge >= 0.3 is 5.69 Å². The van der Waals surface area contributed by atoms with Gasteiger partial charge < -0.3 is 10.6 Å². The van der Waals surface area contributed by atoms with E-state index in [2.05, 4.69) is 9.97 Å². The van der Waals surface area contributed by atoms with Crippen LogP contribution in [0.2, 0.25) is 0 Å². The van der Waals surface area contributed by atoms with Crippen LogP contribution in [0, 0.1) is 5.92 Å². The van der Waals surface area contributed by atoms with Gasteiger partial charge in [-0.15, -0.1) is 0 Å². The number of carbonyl (C=O) groups excluding carboxylic acids is 1. The Morgan fingerprint density at radius 3 is 2.73 bits per heavy atom. The monoisotopic (exact) mass is 359 g/mol. The number of hydrogen-bond donors (Lipinski definition) is 2. The largest absolute Gasteiger partial charge is 0.338 e. The molecular weight excluding hydrogens is 334 g/mol. The zero-order valence-corrected chi connectivity index (χ0v) is 15.4. The highest BCUT2D eigenvalue weighted by atomic mass is 16.2. The number of aromatic amines is 1. The molecule has 1 unspecified atom stereocenters. The van der Waals surface area contributed by atoms with E-state index in [1.54, 1.807) is 17.9 Å². The van der Waals surface area contributed by atoms with Crippen molar-refractivity contribution in [1.82, 2.24) is 19.4 Å². The summed E-state index contributed by atoms with van der Waals surface area (Å²) in [6.07, 6.45) is 0.859. The van der Waals surface area contributed by atoms with E-state index in [-0.39, 0.29) is 28.8 Å². The number of rotatable bonds is 4. The Labute approximate surface area is 151 Å². The molecule has 1 aliphatic rings. The summed E-state index contributed by atoms with van der Waals surface area (Å²) >= 11 is 0. The Balaban J connectivity index is 2.25. The molecule has 2 aromatic rings. The third-order valence-electron chi connectivity index (χ3n) is 5.01. The number of carbonyl (C=O) groups is 1. The average molecular weight is 359 g/mol. The first kappa shape index (κ1) is 18.3. The lowest BCUT2D eigenvalue weighted by Gasteiger charge is -2.19. The molecule has 1 fully saturated rings. The summed E-state index contributed by atoms with van der Waals surface area (Å²) < 4.78 is 1.39. The van der Waals surface area contributed by atoms with Gasteiger partial charge in [0.1, 0.15) is 0 Å². The number of aryl methyl sites for hydroxylation is 1. The summed E-state index contributed by atoms with van der Waals surface area (Å²) in [5, 5.41) is 0.178. The zero-order valence-electron chi connectivity index (χ0n) is 15.4. The molecule has 1 atom stereocenters. The van der Waals surface area contributed by atoms with Crippen LogP contribution < -0.4 is 17.0 Å². The molecule has 140 valence electrons. The van der Waals surface area contributed by atoms with Gasteiger partial charge in [-0.25, -0.2) is 9.78 Å². The first-order valence-electron chi connectivity index (χ1n) is 9.04. The Bertz CT molecular complexity index is 960. The summed E-state index contributed by atoms with van der Waals surface area (Å²) in [7, 11) is 0. The molecule has 1 saturated heterocycles. The fourth-order valence-corrected chi connectivity index (χ4v) is 3.43. The molecule has 0 saturated carbocycles. The van der Waals surface area contributed by atoms with E-state index in [1.165, 1.54) is 4.57 Å². The molecule has 0 aromatic carbocycles. The fraction of sp³-hybridized carbons (Fsp3) is 0.556. The van der Waals surface area contributed by atoms with E-state index < -0.39 is 11.2 Å². The van der Waals surface area contributed by atoms with Gasteiger partial charge in [0.25, 0.3) is 11.5 Å². The Hall–Kier alpha value is -2.48. The number of amides is 1. The van der Waals surface area contributed by atoms with Gasteiger partial charge in [0.2, 0.25) is 0 Å². The van der Waals surface area contributed by atoms with Gasteiger partial charge in [0.15, 0.2) is 5.65 Å². The van der Waals surface area contributed by atoms with Crippen molar-refractivity contribution in [3.05, 3.63) is 38.2 Å². The molecule has 0 radical (unpaired) electrons. The van der Waals surface area contributed by atoms with Crippen molar-refractivity contribution in [2.24, 2.45) is 11.7 Å². The maximum absolute atomic E-state index is 13.2. The summed E-state index contributed by atoms with van der Waals surface area (Å²) in [5.74, 6) is 0.131. The van der Waals surface area contributed by atoms with Crippen LogP contribution in [0.3, 0.4) is 0 Å². The summed E-state index contributed by atoms with van der Waals surface area (Å²) in [6, 6.07) is 1.69. The second-order valence-corrected chi connectivity index (χ2v) is 7.09. The van der Waals surface area contributed by atoms with Gasteiger partial charge in [-0.05, 0) is 37.8 Å². The van der Waals surface area contributed by atoms with Crippen molar-refractivity contribution < 1.29 is 4.79 Å². The van der Waals surface area contributed by atoms with Crippen LogP contribution in [0.4, 0.5) is 0 Å². The molecule has 26 heavy (non-hydrogen) atoms. The molecule has 0 aliphatic carbocycles. The van der Waals surface area contributed by atoms with E-state index in [9.17, 15) is 14.4 Å². The van der Waals surface area contributed by atoms with Crippen LogP contribution >= 0.6 is 0 Å². The molecule has 1 aliphatic heterocycles. The smallest absolute Gasteiger partial charge is 0.329 e. The molecule has 2 aromatic heterocycles. The summed E-state index contributed by atoms with van der Waals surface area (Å²) in [6.45, 7) is 7.82.